The van der Waals surface area contributed by atoms with Crippen LogP contribution in [0, 0.1) is 0 Å². The number of fused-ring (bicyclic) bond motifs is 6. The first-order chi connectivity index (χ1) is 20.0. The lowest BCUT2D eigenvalue weighted by molar-refractivity contribution is 0.0765. The molecule has 0 bridgehead atoms. The number of aryl methyl sites for hydroxylation is 2. The van der Waals surface area contributed by atoms with Crippen molar-refractivity contribution in [2.45, 2.75) is 39.5 Å². The van der Waals surface area contributed by atoms with Gasteiger partial charge in [-0.1, -0.05) is 13.8 Å². The number of nitrogens with zero attached hydrogens (tertiary/aromatic N) is 4. The third kappa shape index (κ3) is 5.70. The number of benzene rings is 2. The van der Waals surface area contributed by atoms with Gasteiger partial charge in [0.2, 0.25) is 0 Å². The summed E-state index contributed by atoms with van der Waals surface area (Å²) in [6, 6.07) is 11.8. The standard InChI is InChI=1S/C30H32N6O3S2/c1-3-5-23-35-25-27(40-23)19-9-7-17(15-21(19)33-29(25)31)38-13-11-37-12-14-39-18-8-10-20-22(16-18)34-30(32)26-28(20)41-24(36-26)6-4-2/h7-10,15-16H,3-6,11-14H2,1-2H3,(H2,31,33)(H2,32,34). The van der Waals surface area contributed by atoms with Crippen molar-refractivity contribution in [1.82, 2.24) is 19.9 Å². The molecule has 4 N–H and O–H groups in total. The molecule has 41 heavy (non-hydrogen) atoms. The lowest BCUT2D eigenvalue weighted by atomic mass is 10.2. The Morgan fingerprint density at radius 3 is 1.54 bits per heavy atom. The molecule has 0 fully saturated rings. The van der Waals surface area contributed by atoms with Gasteiger partial charge >= 0.3 is 0 Å². The van der Waals surface area contributed by atoms with Crippen molar-refractivity contribution in [1.29, 1.82) is 0 Å². The second-order valence-corrected chi connectivity index (χ2v) is 11.9. The summed E-state index contributed by atoms with van der Waals surface area (Å²) < 4.78 is 19.7. The van der Waals surface area contributed by atoms with E-state index in [1.807, 2.05) is 36.4 Å². The highest BCUT2D eigenvalue weighted by atomic mass is 32.1. The smallest absolute Gasteiger partial charge is 0.151 e. The van der Waals surface area contributed by atoms with E-state index in [1.54, 1.807) is 22.7 Å². The highest BCUT2D eigenvalue weighted by Crippen LogP contribution is 2.35. The summed E-state index contributed by atoms with van der Waals surface area (Å²) in [6.45, 7) is 5.99. The maximum absolute atomic E-state index is 6.21. The number of aromatic nitrogens is 4. The maximum Gasteiger partial charge on any atom is 0.151 e. The second-order valence-electron chi connectivity index (χ2n) is 9.73. The minimum atomic E-state index is 0.411. The zero-order valence-electron chi connectivity index (χ0n) is 23.1. The number of hydrogen-bond acceptors (Lipinski definition) is 11. The molecule has 4 aromatic heterocycles. The predicted molar refractivity (Wildman–Crippen MR) is 168 cm³/mol. The van der Waals surface area contributed by atoms with Crippen molar-refractivity contribution in [2.24, 2.45) is 0 Å². The predicted octanol–water partition coefficient (Wildman–Crippen LogP) is 6.55. The van der Waals surface area contributed by atoms with Crippen molar-refractivity contribution >= 4 is 76.5 Å². The minimum Gasteiger partial charge on any atom is -0.491 e. The first kappa shape index (κ1) is 27.4. The Morgan fingerprint density at radius 2 is 1.10 bits per heavy atom. The number of thiazole rings is 2. The van der Waals surface area contributed by atoms with Crippen LogP contribution in [0.1, 0.15) is 36.7 Å². The molecule has 0 saturated heterocycles. The van der Waals surface area contributed by atoms with Gasteiger partial charge in [-0.05, 0) is 49.9 Å². The van der Waals surface area contributed by atoms with Gasteiger partial charge in [0, 0.05) is 22.9 Å². The molecule has 6 aromatic rings. The van der Waals surface area contributed by atoms with Gasteiger partial charge in [-0.15, -0.1) is 22.7 Å². The average Bonchev–Trinajstić information content (AvgIpc) is 3.58. The molecule has 212 valence electrons. The highest BCUT2D eigenvalue weighted by molar-refractivity contribution is 7.20. The Labute approximate surface area is 245 Å². The van der Waals surface area contributed by atoms with Crippen molar-refractivity contribution in [3.05, 3.63) is 46.4 Å². The zero-order valence-corrected chi connectivity index (χ0v) is 24.7. The number of nitrogens with two attached hydrogens (primary N) is 2. The minimum absolute atomic E-state index is 0.411. The third-order valence-electron chi connectivity index (χ3n) is 6.66. The molecule has 6 rings (SSSR count). The largest absolute Gasteiger partial charge is 0.491 e. The first-order valence-corrected chi connectivity index (χ1v) is 15.5. The van der Waals surface area contributed by atoms with Crippen LogP contribution < -0.4 is 20.9 Å². The zero-order chi connectivity index (χ0) is 28.3. The Morgan fingerprint density at radius 1 is 0.634 bits per heavy atom. The van der Waals surface area contributed by atoms with Gasteiger partial charge in [-0.25, -0.2) is 19.9 Å². The summed E-state index contributed by atoms with van der Waals surface area (Å²) in [5, 5.41) is 4.26. The van der Waals surface area contributed by atoms with Crippen LogP contribution in [0.5, 0.6) is 11.5 Å². The highest BCUT2D eigenvalue weighted by Gasteiger charge is 2.14. The maximum atomic E-state index is 6.21. The fourth-order valence-corrected chi connectivity index (χ4v) is 7.18. The van der Waals surface area contributed by atoms with E-state index in [1.165, 1.54) is 0 Å². The van der Waals surface area contributed by atoms with Gasteiger partial charge in [0.15, 0.2) is 11.6 Å². The summed E-state index contributed by atoms with van der Waals surface area (Å²) >= 11 is 3.38. The van der Waals surface area contributed by atoms with Crippen LogP contribution >= 0.6 is 22.7 Å². The van der Waals surface area contributed by atoms with Crippen molar-refractivity contribution < 1.29 is 14.2 Å². The molecule has 11 heteroatoms. The van der Waals surface area contributed by atoms with Gasteiger partial charge in [0.05, 0.1) is 43.7 Å². The molecule has 0 radical (unpaired) electrons. The monoisotopic (exact) mass is 588 g/mol. The van der Waals surface area contributed by atoms with Crippen LogP contribution in [-0.4, -0.2) is 46.4 Å². The van der Waals surface area contributed by atoms with Crippen LogP contribution in [0.4, 0.5) is 11.6 Å². The van der Waals surface area contributed by atoms with E-state index in [0.29, 0.717) is 38.1 Å². The Balaban J connectivity index is 1.00. The normalized spacial score (nSPS) is 11.8. The first-order valence-electron chi connectivity index (χ1n) is 13.8. The number of pyridine rings is 2. The van der Waals surface area contributed by atoms with Crippen LogP contribution in [-0.2, 0) is 17.6 Å². The van der Waals surface area contributed by atoms with Gasteiger partial charge in [0.25, 0.3) is 0 Å². The summed E-state index contributed by atoms with van der Waals surface area (Å²) in [7, 11) is 0. The van der Waals surface area contributed by atoms with E-state index in [0.717, 1.165) is 89.4 Å². The molecule has 9 nitrogen and oxygen atoms in total. The fraction of sp³-hybridized carbons (Fsp3) is 0.333. The lowest BCUT2D eigenvalue weighted by Gasteiger charge is -2.10. The van der Waals surface area contributed by atoms with Gasteiger partial charge in [-0.3, -0.25) is 0 Å². The van der Waals surface area contributed by atoms with Gasteiger partial charge in [0.1, 0.15) is 35.7 Å². The molecule has 4 heterocycles. The van der Waals surface area contributed by atoms with Crippen LogP contribution in [0.2, 0.25) is 0 Å². The average molecular weight is 589 g/mol. The Hall–Kier alpha value is -3.80. The summed E-state index contributed by atoms with van der Waals surface area (Å²) in [5.74, 6) is 2.36. The van der Waals surface area contributed by atoms with E-state index >= 15 is 0 Å². The molecule has 0 aliphatic rings. The molecule has 2 aromatic carbocycles. The van der Waals surface area contributed by atoms with E-state index in [2.05, 4.69) is 33.8 Å². The molecule has 0 spiro atoms. The lowest BCUT2D eigenvalue weighted by Crippen LogP contribution is -2.12. The molecule has 0 saturated carbocycles. The number of nitrogen functional groups attached to an aromatic ring is 2. The Kier molecular flexibility index (Phi) is 8.00. The van der Waals surface area contributed by atoms with E-state index < -0.39 is 0 Å². The topological polar surface area (TPSA) is 131 Å². The quantitative estimate of drug-likeness (QED) is 0.153. The molecular formula is C30H32N6O3S2. The van der Waals surface area contributed by atoms with Gasteiger partial charge in [-0.2, -0.15) is 0 Å². The molecule has 0 atom stereocenters. The van der Waals surface area contributed by atoms with E-state index in [4.69, 9.17) is 25.7 Å². The SMILES string of the molecule is CCCc1nc2c(N)nc3cc(OCCOCCOc4ccc5c(c4)nc(N)c4nc(CCC)sc45)ccc3c2s1. The van der Waals surface area contributed by atoms with Crippen molar-refractivity contribution in [3.63, 3.8) is 0 Å². The fourth-order valence-electron chi connectivity index (χ4n) is 4.76. The number of hydrogen-bond donors (Lipinski definition) is 2. The summed E-state index contributed by atoms with van der Waals surface area (Å²) in [4.78, 5) is 18.5. The van der Waals surface area contributed by atoms with Crippen molar-refractivity contribution in [3.8, 4) is 11.5 Å². The summed E-state index contributed by atoms with van der Waals surface area (Å²) in [5.41, 5.74) is 15.6. The number of rotatable bonds is 12. The van der Waals surface area contributed by atoms with Crippen LogP contribution in [0.3, 0.4) is 0 Å². The van der Waals surface area contributed by atoms with E-state index in [-0.39, 0.29) is 0 Å². The Bertz CT molecular complexity index is 1720. The molecule has 0 aliphatic heterocycles. The molecular weight excluding hydrogens is 557 g/mol. The summed E-state index contributed by atoms with van der Waals surface area (Å²) in [6.07, 6.45) is 3.98. The molecule has 0 unspecified atom stereocenters. The van der Waals surface area contributed by atoms with Gasteiger partial charge < -0.3 is 25.7 Å². The van der Waals surface area contributed by atoms with E-state index in [9.17, 15) is 0 Å². The third-order valence-corrected chi connectivity index (χ3v) is 8.95. The van der Waals surface area contributed by atoms with Crippen LogP contribution in [0.25, 0.3) is 42.2 Å². The number of anilines is 2. The second kappa shape index (κ2) is 12.0. The van der Waals surface area contributed by atoms with Crippen molar-refractivity contribution in [2.75, 3.05) is 37.9 Å². The van der Waals surface area contributed by atoms with Crippen LogP contribution in [0.15, 0.2) is 36.4 Å². The molecule has 0 aliphatic carbocycles. The molecule has 0 amide bonds. The number of ether oxygens (including phenoxy) is 3.